The Bertz CT molecular complexity index is 1980. The number of primary amides is 1. The molecule has 6 rings (SSSR count). The van der Waals surface area contributed by atoms with E-state index >= 15 is 4.39 Å². The molecule has 13 nitrogen and oxygen atoms in total. The van der Waals surface area contributed by atoms with Crippen molar-refractivity contribution < 1.29 is 23.5 Å². The summed E-state index contributed by atoms with van der Waals surface area (Å²) in [6, 6.07) is 7.55. The van der Waals surface area contributed by atoms with Gasteiger partial charge in [0, 0.05) is 58.6 Å². The first-order valence-electron chi connectivity index (χ1n) is 15.0. The summed E-state index contributed by atoms with van der Waals surface area (Å²) in [5, 5.41) is 12.9. The van der Waals surface area contributed by atoms with Gasteiger partial charge in [0.25, 0.3) is 5.91 Å². The van der Waals surface area contributed by atoms with Crippen molar-refractivity contribution in [3.8, 4) is 21.7 Å². The molecule has 0 bridgehead atoms. The molecule has 5 heterocycles. The van der Waals surface area contributed by atoms with Crippen LogP contribution < -0.4 is 10.6 Å². The number of thiophene rings is 1. The molecular weight excluding hydrogens is 625 g/mol. The highest BCUT2D eigenvalue weighted by Gasteiger charge is 2.36. The average Bonchev–Trinajstić information content (AvgIpc) is 3.76. The van der Waals surface area contributed by atoms with Gasteiger partial charge in [-0.05, 0) is 57.9 Å². The number of hydrogen-bond acceptors (Lipinski definition) is 9. The molecule has 0 radical (unpaired) electrons. The van der Waals surface area contributed by atoms with E-state index in [1.807, 2.05) is 12.1 Å². The van der Waals surface area contributed by atoms with Crippen LogP contribution in [0.4, 0.5) is 15.0 Å². The van der Waals surface area contributed by atoms with Gasteiger partial charge in [0.15, 0.2) is 0 Å². The molecule has 1 saturated heterocycles. The molecule has 0 spiro atoms. The number of aryl methyl sites for hydroxylation is 1. The Morgan fingerprint density at radius 3 is 2.66 bits per heavy atom. The van der Waals surface area contributed by atoms with Crippen LogP contribution in [0.1, 0.15) is 44.0 Å². The van der Waals surface area contributed by atoms with Gasteiger partial charge in [-0.25, -0.2) is 14.2 Å². The number of pyridine rings is 1. The van der Waals surface area contributed by atoms with E-state index in [0.717, 1.165) is 15.1 Å². The number of rotatable bonds is 7. The molecule has 0 aliphatic carbocycles. The van der Waals surface area contributed by atoms with Crippen LogP contribution in [-0.4, -0.2) is 77.3 Å². The van der Waals surface area contributed by atoms with Crippen LogP contribution in [0.2, 0.25) is 0 Å². The maximum Gasteiger partial charge on any atom is 0.410 e. The Kier molecular flexibility index (Phi) is 8.49. The maximum absolute atomic E-state index is 15.8. The number of halogens is 1. The van der Waals surface area contributed by atoms with Gasteiger partial charge in [-0.2, -0.15) is 5.10 Å². The molecule has 5 aromatic rings. The van der Waals surface area contributed by atoms with Crippen molar-refractivity contribution in [1.82, 2.24) is 34.7 Å². The number of aromatic nitrogens is 6. The van der Waals surface area contributed by atoms with Crippen LogP contribution in [0.5, 0.6) is 0 Å². The van der Waals surface area contributed by atoms with Crippen LogP contribution >= 0.6 is 11.3 Å². The third-order valence-electron chi connectivity index (χ3n) is 7.62. The molecule has 0 saturated carbocycles. The molecule has 4 aromatic heterocycles. The number of carbonyl (C=O) groups is 3. The molecule has 1 aliphatic heterocycles. The summed E-state index contributed by atoms with van der Waals surface area (Å²) in [7, 11) is 1.71. The number of benzene rings is 1. The maximum atomic E-state index is 15.8. The normalized spacial score (nSPS) is 15.2. The fourth-order valence-corrected chi connectivity index (χ4v) is 6.60. The lowest BCUT2D eigenvalue weighted by Crippen LogP contribution is -2.53. The lowest BCUT2D eigenvalue weighted by molar-refractivity contribution is -0.118. The lowest BCUT2D eigenvalue weighted by atomic mass is 10.0. The lowest BCUT2D eigenvalue weighted by Gasteiger charge is -2.39. The van der Waals surface area contributed by atoms with Gasteiger partial charge in [-0.1, -0.05) is 11.3 Å². The second kappa shape index (κ2) is 12.5. The number of piperidine rings is 1. The van der Waals surface area contributed by atoms with Gasteiger partial charge in [-0.3, -0.25) is 23.9 Å². The minimum absolute atomic E-state index is 0.0585. The quantitative estimate of drug-likeness (QED) is 0.265. The highest BCUT2D eigenvalue weighted by Crippen LogP contribution is 2.39. The third-order valence-corrected chi connectivity index (χ3v) is 8.77. The summed E-state index contributed by atoms with van der Waals surface area (Å²) in [6.45, 7) is 5.97. The predicted octanol–water partition coefficient (Wildman–Crippen LogP) is 4.63. The number of fused-ring (bicyclic) bond motifs is 1. The van der Waals surface area contributed by atoms with E-state index in [2.05, 4.69) is 20.4 Å². The summed E-state index contributed by atoms with van der Waals surface area (Å²) in [5.41, 5.74) is 6.20. The molecule has 1 atom stereocenters. The molecule has 15 heteroatoms. The fourth-order valence-electron chi connectivity index (χ4n) is 5.57. The molecule has 1 aromatic carbocycles. The Labute approximate surface area is 273 Å². The Hall–Kier alpha value is -5.18. The SMILES string of the molecule is Cn1cc(-c2ccc(C(=O)N(c3nccc4sc(-c5cnn(CC(N)=O)c5)cc34)[C@@H]3CCCN(C(=O)OC(C)(C)C)C3)c(F)c2)nn1. The fraction of sp³-hybridized carbons (Fsp3) is 0.344. The first-order chi connectivity index (χ1) is 22.4. The predicted molar refractivity (Wildman–Crippen MR) is 174 cm³/mol. The zero-order valence-corrected chi connectivity index (χ0v) is 27.2. The van der Waals surface area contributed by atoms with E-state index in [-0.39, 0.29) is 18.7 Å². The van der Waals surface area contributed by atoms with Crippen molar-refractivity contribution in [1.29, 1.82) is 0 Å². The summed E-state index contributed by atoms with van der Waals surface area (Å²) in [5.74, 6) is -1.48. The van der Waals surface area contributed by atoms with Crippen LogP contribution in [0, 0.1) is 5.82 Å². The van der Waals surface area contributed by atoms with Gasteiger partial charge in [-0.15, -0.1) is 16.4 Å². The van der Waals surface area contributed by atoms with Crippen LogP contribution in [-0.2, 0) is 23.1 Å². The monoisotopic (exact) mass is 659 g/mol. The third kappa shape index (κ3) is 6.84. The number of nitrogens with two attached hydrogens (primary N) is 1. The van der Waals surface area contributed by atoms with Gasteiger partial charge in [0.2, 0.25) is 5.91 Å². The number of nitrogens with zero attached hydrogens (tertiary/aromatic N) is 8. The zero-order valence-electron chi connectivity index (χ0n) is 26.4. The summed E-state index contributed by atoms with van der Waals surface area (Å²) in [6.07, 6.45) is 7.30. The van der Waals surface area contributed by atoms with Crippen molar-refractivity contribution in [2.75, 3.05) is 18.0 Å². The summed E-state index contributed by atoms with van der Waals surface area (Å²) < 4.78 is 25.3. The molecule has 2 N–H and O–H groups in total. The number of carbonyl (C=O) groups excluding carboxylic acids is 3. The van der Waals surface area contributed by atoms with E-state index in [0.29, 0.717) is 41.8 Å². The minimum Gasteiger partial charge on any atom is -0.444 e. The van der Waals surface area contributed by atoms with E-state index in [4.69, 9.17) is 10.5 Å². The molecule has 3 amide bonds. The topological polar surface area (TPSA) is 154 Å². The van der Waals surface area contributed by atoms with E-state index in [1.54, 1.807) is 63.6 Å². The van der Waals surface area contributed by atoms with E-state index in [9.17, 15) is 14.4 Å². The molecule has 244 valence electrons. The highest BCUT2D eigenvalue weighted by molar-refractivity contribution is 7.22. The van der Waals surface area contributed by atoms with Gasteiger partial charge in [0.05, 0.1) is 24.0 Å². The van der Waals surface area contributed by atoms with Crippen molar-refractivity contribution in [3.63, 3.8) is 0 Å². The Morgan fingerprint density at radius 1 is 1.15 bits per heavy atom. The number of amides is 3. The van der Waals surface area contributed by atoms with Gasteiger partial charge in [0.1, 0.15) is 29.5 Å². The van der Waals surface area contributed by atoms with Crippen molar-refractivity contribution in [2.45, 2.75) is 51.8 Å². The van der Waals surface area contributed by atoms with Crippen molar-refractivity contribution >= 4 is 45.1 Å². The molecule has 0 unspecified atom stereocenters. The smallest absolute Gasteiger partial charge is 0.410 e. The molecule has 47 heavy (non-hydrogen) atoms. The number of hydrogen-bond donors (Lipinski definition) is 1. The second-order valence-electron chi connectivity index (χ2n) is 12.4. The average molecular weight is 660 g/mol. The molecular formula is C32H34FN9O4S. The molecule has 1 aliphatic rings. The van der Waals surface area contributed by atoms with Gasteiger partial charge < -0.3 is 15.4 Å². The van der Waals surface area contributed by atoms with Crippen molar-refractivity contribution in [2.24, 2.45) is 12.8 Å². The van der Waals surface area contributed by atoms with Gasteiger partial charge >= 0.3 is 6.09 Å². The van der Waals surface area contributed by atoms with Crippen LogP contribution in [0.25, 0.3) is 31.8 Å². The Morgan fingerprint density at radius 2 is 1.96 bits per heavy atom. The molecule has 1 fully saturated rings. The number of anilines is 1. The van der Waals surface area contributed by atoms with Crippen LogP contribution in [0.15, 0.2) is 55.1 Å². The van der Waals surface area contributed by atoms with E-state index in [1.165, 1.54) is 37.7 Å². The summed E-state index contributed by atoms with van der Waals surface area (Å²) >= 11 is 1.46. The second-order valence-corrected chi connectivity index (χ2v) is 13.5. The largest absolute Gasteiger partial charge is 0.444 e. The number of ether oxygens (including phenoxy) is 1. The highest BCUT2D eigenvalue weighted by atomic mass is 32.1. The minimum atomic E-state index is -0.719. The number of likely N-dealkylation sites (tertiary alicyclic amines) is 1. The zero-order chi connectivity index (χ0) is 33.5. The van der Waals surface area contributed by atoms with E-state index < -0.39 is 35.4 Å². The standard InChI is InChI=1S/C32H34FN9O4S/c1-32(2,3)46-31(45)40-11-5-6-21(16-40)42(30(44)22-8-7-19(12-24(22)33)25-17-39(4)38-37-25)29-23-13-27(47-26(23)9-10-35-29)20-14-36-41(15-20)18-28(34)43/h7-10,12-15,17,21H,5-6,11,16,18H2,1-4H3,(H2,34,43)/t21-/m1/s1. The summed E-state index contributed by atoms with van der Waals surface area (Å²) in [4.78, 5) is 47.6. The first kappa shape index (κ1) is 31.8. The van der Waals surface area contributed by atoms with Crippen LogP contribution in [0.3, 0.4) is 0 Å². The Balaban J connectivity index is 1.41. The first-order valence-corrected chi connectivity index (χ1v) is 15.9. The van der Waals surface area contributed by atoms with Crippen molar-refractivity contribution in [3.05, 3.63) is 66.5 Å².